The number of carboxylic acids is 1. The zero-order valence-corrected chi connectivity index (χ0v) is 20.2. The fourth-order valence-electron chi connectivity index (χ4n) is 5.22. The minimum Gasteiger partial charge on any atom is -0.481 e. The van der Waals surface area contributed by atoms with Gasteiger partial charge in [-0.05, 0) is 44.7 Å². The first-order valence-electron chi connectivity index (χ1n) is 11.9. The molecular formula is C26H28N6O4. The van der Waals surface area contributed by atoms with Crippen molar-refractivity contribution >= 4 is 23.2 Å². The molecule has 0 aliphatic heterocycles. The maximum Gasteiger partial charge on any atom is 0.311 e. The molecule has 10 heteroatoms. The molecule has 5 rings (SSSR count). The Morgan fingerprint density at radius 2 is 1.89 bits per heavy atom. The van der Waals surface area contributed by atoms with Crippen LogP contribution in [0.5, 0.6) is 0 Å². The Morgan fingerprint density at radius 3 is 2.53 bits per heavy atom. The van der Waals surface area contributed by atoms with Crippen molar-refractivity contribution in [1.29, 1.82) is 0 Å². The molecular weight excluding hydrogens is 460 g/mol. The summed E-state index contributed by atoms with van der Waals surface area (Å²) in [5.41, 5.74) is 9.51. The molecule has 3 N–H and O–H groups in total. The number of rotatable bonds is 7. The molecule has 1 aliphatic carbocycles. The van der Waals surface area contributed by atoms with Crippen molar-refractivity contribution in [2.24, 2.45) is 5.41 Å². The second-order valence-electron chi connectivity index (χ2n) is 9.41. The number of nitrogen functional groups attached to an aromatic ring is 1. The molecule has 1 saturated carbocycles. The summed E-state index contributed by atoms with van der Waals surface area (Å²) in [5, 5.41) is 18.7. The number of para-hydroxylation sites is 1. The van der Waals surface area contributed by atoms with Crippen molar-refractivity contribution in [3.05, 3.63) is 60.2 Å². The third kappa shape index (κ3) is 3.93. The summed E-state index contributed by atoms with van der Waals surface area (Å²) in [7, 11) is 1.52. The number of benzene rings is 1. The van der Waals surface area contributed by atoms with E-state index < -0.39 is 11.4 Å². The highest BCUT2D eigenvalue weighted by Gasteiger charge is 2.43. The first-order valence-corrected chi connectivity index (χ1v) is 11.9. The molecule has 36 heavy (non-hydrogen) atoms. The van der Waals surface area contributed by atoms with Gasteiger partial charge < -0.3 is 15.6 Å². The number of ketones is 1. The van der Waals surface area contributed by atoms with Gasteiger partial charge in [0.2, 0.25) is 0 Å². The van der Waals surface area contributed by atoms with E-state index in [4.69, 9.17) is 15.5 Å². The summed E-state index contributed by atoms with van der Waals surface area (Å²) in [5.74, 6) is -0.921. The Morgan fingerprint density at radius 1 is 1.17 bits per heavy atom. The van der Waals surface area contributed by atoms with Crippen molar-refractivity contribution in [2.75, 3.05) is 19.5 Å². The Balaban J connectivity index is 1.56. The average molecular weight is 489 g/mol. The number of methoxy groups -OCH3 is 1. The zero-order valence-electron chi connectivity index (χ0n) is 20.2. The largest absolute Gasteiger partial charge is 0.481 e. The van der Waals surface area contributed by atoms with Gasteiger partial charge in [-0.1, -0.05) is 18.2 Å². The minimum atomic E-state index is -0.926. The number of aliphatic carboxylic acids is 1. The van der Waals surface area contributed by atoms with E-state index >= 15 is 0 Å². The number of carboxylic acid groups (broad SMARTS) is 1. The lowest BCUT2D eigenvalue weighted by Crippen LogP contribution is -2.39. The highest BCUT2D eigenvalue weighted by atomic mass is 16.5. The molecule has 0 amide bonds. The topological polar surface area (TPSA) is 138 Å². The number of hydrogen-bond acceptors (Lipinski definition) is 7. The van der Waals surface area contributed by atoms with Crippen molar-refractivity contribution in [1.82, 2.24) is 24.4 Å². The molecule has 0 bridgehead atoms. The summed E-state index contributed by atoms with van der Waals surface area (Å²) in [6.45, 7) is 1.62. The number of hydrogen-bond donors (Lipinski definition) is 2. The van der Waals surface area contributed by atoms with Gasteiger partial charge in [-0.25, -0.2) is 9.67 Å². The maximum atomic E-state index is 12.7. The number of carbonyl (C=O) groups excluding carboxylic acids is 1. The first-order chi connectivity index (χ1) is 17.3. The van der Waals surface area contributed by atoms with Gasteiger partial charge in [0, 0.05) is 30.4 Å². The first kappa shape index (κ1) is 23.7. The molecule has 0 atom stereocenters. The number of carbonyl (C=O) groups is 2. The van der Waals surface area contributed by atoms with Crippen molar-refractivity contribution in [3.8, 4) is 16.8 Å². The van der Waals surface area contributed by atoms with E-state index in [1.165, 1.54) is 18.5 Å². The lowest BCUT2D eigenvalue weighted by Gasteiger charge is -2.36. The third-order valence-electron chi connectivity index (χ3n) is 7.18. The molecule has 1 aliphatic rings. The Kier molecular flexibility index (Phi) is 6.05. The summed E-state index contributed by atoms with van der Waals surface area (Å²) in [6.07, 6.45) is 7.31. The molecule has 0 radical (unpaired) electrons. The van der Waals surface area contributed by atoms with E-state index in [-0.39, 0.29) is 24.1 Å². The van der Waals surface area contributed by atoms with Crippen LogP contribution in [0.4, 0.5) is 5.82 Å². The molecule has 0 unspecified atom stereocenters. The van der Waals surface area contributed by atoms with Gasteiger partial charge >= 0.3 is 5.97 Å². The summed E-state index contributed by atoms with van der Waals surface area (Å²) < 4.78 is 8.49. The Hall–Kier alpha value is -4.05. The maximum absolute atomic E-state index is 12.7. The van der Waals surface area contributed by atoms with Crippen LogP contribution in [0.1, 0.15) is 54.6 Å². The molecule has 3 heterocycles. The molecule has 186 valence electrons. The van der Waals surface area contributed by atoms with Crippen molar-refractivity contribution in [2.45, 2.75) is 38.5 Å². The van der Waals surface area contributed by atoms with Gasteiger partial charge in [0.1, 0.15) is 5.82 Å². The van der Waals surface area contributed by atoms with Crippen LogP contribution in [-0.2, 0) is 9.53 Å². The number of nitrogens with zero attached hydrogens (tertiary/aromatic N) is 5. The number of anilines is 1. The van der Waals surface area contributed by atoms with E-state index in [1.807, 2.05) is 36.5 Å². The third-order valence-corrected chi connectivity index (χ3v) is 7.18. The second kappa shape index (κ2) is 9.19. The quantitative estimate of drug-likeness (QED) is 0.375. The molecule has 1 fully saturated rings. The molecule has 10 nitrogen and oxygen atoms in total. The summed E-state index contributed by atoms with van der Waals surface area (Å²) in [6, 6.07) is 9.76. The minimum absolute atomic E-state index is 0.102. The van der Waals surface area contributed by atoms with Crippen LogP contribution in [0.2, 0.25) is 0 Å². The Bertz CT molecular complexity index is 1430. The standard InChI is InChI=1S/C26H28N6O4/c1-16(33)21-22(17-8-10-26(11-9-17,15-36-2)25(34)35)30-24-20(13-29-32(24)23(21)27)18-12-28-31(14-18)19-6-4-3-5-7-19/h3-7,12-14,17H,8-11,15,27H2,1-2H3,(H,34,35)/t17-,26-. The predicted molar refractivity (Wildman–Crippen MR) is 133 cm³/mol. The van der Waals surface area contributed by atoms with Crippen molar-refractivity contribution in [3.63, 3.8) is 0 Å². The second-order valence-corrected chi connectivity index (χ2v) is 9.41. The normalized spacial score (nSPS) is 20.0. The van der Waals surface area contributed by atoms with Gasteiger partial charge in [-0.2, -0.15) is 14.7 Å². The van der Waals surface area contributed by atoms with Crippen LogP contribution in [0.15, 0.2) is 48.9 Å². The smallest absolute Gasteiger partial charge is 0.311 e. The number of aromatic nitrogens is 5. The molecule has 4 aromatic rings. The molecule has 0 spiro atoms. The SMILES string of the molecule is COC[C@]1(C(=O)O)CC[C@H](c2nc3c(-c4cnn(-c5ccccc5)c4)cnn3c(N)c2C(C)=O)CC1. The molecule has 0 saturated heterocycles. The van der Waals surface area contributed by atoms with Gasteiger partial charge in [-0.3, -0.25) is 9.59 Å². The fraction of sp³-hybridized carbons (Fsp3) is 0.346. The van der Waals surface area contributed by atoms with Crippen LogP contribution < -0.4 is 5.73 Å². The monoisotopic (exact) mass is 488 g/mol. The van der Waals surface area contributed by atoms with Crippen LogP contribution in [0, 0.1) is 5.41 Å². The van der Waals surface area contributed by atoms with Gasteiger partial charge in [0.05, 0.1) is 41.4 Å². The van der Waals surface area contributed by atoms with Crippen LogP contribution in [0.3, 0.4) is 0 Å². The summed E-state index contributed by atoms with van der Waals surface area (Å²) >= 11 is 0. The van der Waals surface area contributed by atoms with Gasteiger partial charge in [0.15, 0.2) is 11.4 Å². The Labute approximate surface area is 207 Å². The molecule has 3 aromatic heterocycles. The zero-order chi connectivity index (χ0) is 25.4. The summed E-state index contributed by atoms with van der Waals surface area (Å²) in [4.78, 5) is 29.6. The van der Waals surface area contributed by atoms with E-state index in [9.17, 15) is 14.7 Å². The predicted octanol–water partition coefficient (Wildman–Crippen LogP) is 3.74. The average Bonchev–Trinajstić information content (AvgIpc) is 3.52. The van der Waals surface area contributed by atoms with Gasteiger partial charge in [0.25, 0.3) is 0 Å². The van der Waals surface area contributed by atoms with Crippen LogP contribution in [0.25, 0.3) is 22.5 Å². The van der Waals surface area contributed by atoms with E-state index in [1.54, 1.807) is 17.1 Å². The number of Topliss-reactive ketones (excluding diaryl/α,β-unsaturated/α-hetero) is 1. The highest BCUT2D eigenvalue weighted by Crippen LogP contribution is 2.45. The van der Waals surface area contributed by atoms with E-state index in [0.29, 0.717) is 42.6 Å². The lowest BCUT2D eigenvalue weighted by molar-refractivity contribution is -0.155. The lowest BCUT2D eigenvalue weighted by atomic mass is 9.69. The number of nitrogens with two attached hydrogens (primary N) is 1. The fourth-order valence-corrected chi connectivity index (χ4v) is 5.22. The van der Waals surface area contributed by atoms with Crippen LogP contribution in [-0.4, -0.2) is 55.0 Å². The van der Waals surface area contributed by atoms with E-state index in [0.717, 1.165) is 16.8 Å². The molecule has 1 aromatic carbocycles. The van der Waals surface area contributed by atoms with Crippen molar-refractivity contribution < 1.29 is 19.4 Å². The highest BCUT2D eigenvalue weighted by molar-refractivity contribution is 6.00. The van der Waals surface area contributed by atoms with E-state index in [2.05, 4.69) is 10.2 Å². The van der Waals surface area contributed by atoms with Crippen LogP contribution >= 0.6 is 0 Å². The number of fused-ring (bicyclic) bond motifs is 1. The number of ether oxygens (including phenoxy) is 1. The van der Waals surface area contributed by atoms with Gasteiger partial charge in [-0.15, -0.1) is 0 Å².